The van der Waals surface area contributed by atoms with Gasteiger partial charge in [0.25, 0.3) is 5.69 Å². The van der Waals surface area contributed by atoms with Gasteiger partial charge in [-0.2, -0.15) is 0 Å². The van der Waals surface area contributed by atoms with Crippen LogP contribution in [0.2, 0.25) is 5.02 Å². The Labute approximate surface area is 137 Å². The number of rotatable bonds is 4. The molecule has 2 N–H and O–H groups in total. The van der Waals surface area contributed by atoms with Gasteiger partial charge in [0.1, 0.15) is 11.4 Å². The van der Waals surface area contributed by atoms with Crippen molar-refractivity contribution in [2.45, 2.75) is 0 Å². The van der Waals surface area contributed by atoms with E-state index in [2.05, 4.69) is 10.6 Å². The number of nitrogens with zero attached hydrogens (tertiary/aromatic N) is 1. The molecular weight excluding hydrogens is 326 g/mol. The lowest BCUT2D eigenvalue weighted by Gasteiger charge is -2.11. The van der Waals surface area contributed by atoms with Crippen LogP contribution in [0.3, 0.4) is 0 Å². The van der Waals surface area contributed by atoms with Crippen molar-refractivity contribution < 1.29 is 9.66 Å². The Kier molecular flexibility index (Phi) is 5.13. The van der Waals surface area contributed by atoms with E-state index in [1.54, 1.807) is 37.4 Å². The number of benzene rings is 2. The van der Waals surface area contributed by atoms with Crippen molar-refractivity contribution in [3.05, 3.63) is 57.6 Å². The average Bonchev–Trinajstić information content (AvgIpc) is 2.49. The van der Waals surface area contributed by atoms with Gasteiger partial charge < -0.3 is 15.4 Å². The number of anilines is 2. The normalized spacial score (nSPS) is 9.91. The van der Waals surface area contributed by atoms with Crippen LogP contribution in [0.25, 0.3) is 0 Å². The topological polar surface area (TPSA) is 76.4 Å². The molecule has 0 fully saturated rings. The number of methoxy groups -OCH3 is 1. The SMILES string of the molecule is COc1ccc(NC(=S)Nc2ccc(Cl)cc2[N+](=O)[O-])cc1. The number of nitrogens with one attached hydrogen (secondary N) is 2. The first kappa shape index (κ1) is 16.0. The van der Waals surface area contributed by atoms with E-state index in [1.807, 2.05) is 0 Å². The molecule has 0 heterocycles. The Morgan fingerprint density at radius 3 is 2.50 bits per heavy atom. The molecule has 0 saturated heterocycles. The first-order valence-corrected chi connectivity index (χ1v) is 6.94. The molecule has 0 unspecified atom stereocenters. The zero-order chi connectivity index (χ0) is 16.1. The van der Waals surface area contributed by atoms with Crippen LogP contribution in [0.15, 0.2) is 42.5 Å². The van der Waals surface area contributed by atoms with Crippen molar-refractivity contribution in [1.82, 2.24) is 0 Å². The maximum atomic E-state index is 11.0. The summed E-state index contributed by atoms with van der Waals surface area (Å²) >= 11 is 10.9. The van der Waals surface area contributed by atoms with Gasteiger partial charge in [-0.25, -0.2) is 0 Å². The summed E-state index contributed by atoms with van der Waals surface area (Å²) in [6.45, 7) is 0. The Bertz CT molecular complexity index is 707. The van der Waals surface area contributed by atoms with E-state index in [0.29, 0.717) is 0 Å². The largest absolute Gasteiger partial charge is 0.497 e. The summed E-state index contributed by atoms with van der Waals surface area (Å²) < 4.78 is 5.06. The van der Waals surface area contributed by atoms with E-state index in [1.165, 1.54) is 12.1 Å². The predicted octanol–water partition coefficient (Wildman–Crippen LogP) is 4.07. The fourth-order valence-electron chi connectivity index (χ4n) is 1.72. The molecule has 2 rings (SSSR count). The molecule has 0 saturated carbocycles. The molecule has 2 aromatic rings. The monoisotopic (exact) mass is 337 g/mol. The summed E-state index contributed by atoms with van der Waals surface area (Å²) in [6.07, 6.45) is 0. The minimum Gasteiger partial charge on any atom is -0.497 e. The molecule has 6 nitrogen and oxygen atoms in total. The van der Waals surface area contributed by atoms with Crippen molar-refractivity contribution in [2.24, 2.45) is 0 Å². The van der Waals surface area contributed by atoms with Crippen molar-refractivity contribution in [3.8, 4) is 5.75 Å². The lowest BCUT2D eigenvalue weighted by molar-refractivity contribution is -0.383. The molecular formula is C14H12ClN3O3S. The van der Waals surface area contributed by atoms with Crippen molar-refractivity contribution in [1.29, 1.82) is 0 Å². The van der Waals surface area contributed by atoms with Gasteiger partial charge in [-0.15, -0.1) is 0 Å². The summed E-state index contributed by atoms with van der Waals surface area (Å²) in [5.74, 6) is 0.720. The second kappa shape index (κ2) is 7.06. The molecule has 0 atom stereocenters. The maximum absolute atomic E-state index is 11.0. The van der Waals surface area contributed by atoms with E-state index in [4.69, 9.17) is 28.6 Å². The smallest absolute Gasteiger partial charge is 0.294 e. The predicted molar refractivity (Wildman–Crippen MR) is 90.9 cm³/mol. The highest BCUT2D eigenvalue weighted by molar-refractivity contribution is 7.80. The highest BCUT2D eigenvalue weighted by atomic mass is 35.5. The van der Waals surface area contributed by atoms with Gasteiger partial charge in [-0.05, 0) is 48.6 Å². The zero-order valence-corrected chi connectivity index (χ0v) is 13.1. The third-order valence-electron chi connectivity index (χ3n) is 2.75. The molecule has 114 valence electrons. The molecule has 0 amide bonds. The van der Waals surface area contributed by atoms with Gasteiger partial charge >= 0.3 is 0 Å². The van der Waals surface area contributed by atoms with Gasteiger partial charge in [0.05, 0.1) is 12.0 Å². The van der Waals surface area contributed by atoms with Crippen LogP contribution in [0, 0.1) is 10.1 Å². The molecule has 0 bridgehead atoms. The van der Waals surface area contributed by atoms with Crippen molar-refractivity contribution >= 4 is 46.0 Å². The summed E-state index contributed by atoms with van der Waals surface area (Å²) in [7, 11) is 1.58. The quantitative estimate of drug-likeness (QED) is 0.497. The Hall–Kier alpha value is -2.38. The molecule has 0 aromatic heterocycles. The van der Waals surface area contributed by atoms with Crippen molar-refractivity contribution in [3.63, 3.8) is 0 Å². The Balaban J connectivity index is 2.10. The van der Waals surface area contributed by atoms with Gasteiger partial charge in [0, 0.05) is 16.8 Å². The van der Waals surface area contributed by atoms with Gasteiger partial charge in [-0.3, -0.25) is 10.1 Å². The number of nitro benzene ring substituents is 1. The number of thiocarbonyl (C=S) groups is 1. The third kappa shape index (κ3) is 4.06. The van der Waals surface area contributed by atoms with E-state index in [-0.39, 0.29) is 21.5 Å². The molecule has 0 aliphatic rings. The van der Waals surface area contributed by atoms with E-state index < -0.39 is 4.92 Å². The molecule has 0 spiro atoms. The maximum Gasteiger partial charge on any atom is 0.294 e. The second-order valence-electron chi connectivity index (χ2n) is 4.23. The highest BCUT2D eigenvalue weighted by Crippen LogP contribution is 2.28. The second-order valence-corrected chi connectivity index (χ2v) is 5.07. The van der Waals surface area contributed by atoms with E-state index >= 15 is 0 Å². The van der Waals surface area contributed by atoms with Crippen LogP contribution in [0.5, 0.6) is 5.75 Å². The third-order valence-corrected chi connectivity index (χ3v) is 3.19. The molecule has 0 aliphatic heterocycles. The molecule has 0 radical (unpaired) electrons. The summed E-state index contributed by atoms with van der Waals surface area (Å²) in [5.41, 5.74) is 0.849. The molecule has 8 heteroatoms. The van der Waals surface area contributed by atoms with Gasteiger partial charge in [-0.1, -0.05) is 11.6 Å². The van der Waals surface area contributed by atoms with Gasteiger partial charge in [0.15, 0.2) is 5.11 Å². The minimum absolute atomic E-state index is 0.147. The van der Waals surface area contributed by atoms with Crippen LogP contribution >= 0.6 is 23.8 Å². The van der Waals surface area contributed by atoms with E-state index in [9.17, 15) is 10.1 Å². The minimum atomic E-state index is -0.524. The Morgan fingerprint density at radius 1 is 1.23 bits per heavy atom. The highest BCUT2D eigenvalue weighted by Gasteiger charge is 2.15. The molecule has 0 aliphatic carbocycles. The van der Waals surface area contributed by atoms with E-state index in [0.717, 1.165) is 11.4 Å². The lowest BCUT2D eigenvalue weighted by atomic mass is 10.2. The molecule has 2 aromatic carbocycles. The van der Waals surface area contributed by atoms with Crippen LogP contribution < -0.4 is 15.4 Å². The fourth-order valence-corrected chi connectivity index (χ4v) is 2.11. The number of ether oxygens (including phenoxy) is 1. The number of hydrogen-bond donors (Lipinski definition) is 2. The van der Waals surface area contributed by atoms with Gasteiger partial charge in [0.2, 0.25) is 0 Å². The zero-order valence-electron chi connectivity index (χ0n) is 11.5. The summed E-state index contributed by atoms with van der Waals surface area (Å²) in [4.78, 5) is 10.5. The molecule has 22 heavy (non-hydrogen) atoms. The standard InChI is InChI=1S/C14H12ClN3O3S/c1-21-11-5-3-10(4-6-11)16-14(22)17-12-7-2-9(15)8-13(12)18(19)20/h2-8H,1H3,(H2,16,17,22). The number of nitro groups is 1. The first-order valence-electron chi connectivity index (χ1n) is 6.15. The average molecular weight is 338 g/mol. The van der Waals surface area contributed by atoms with Crippen LogP contribution in [-0.2, 0) is 0 Å². The fraction of sp³-hybridized carbons (Fsp3) is 0.0714. The Morgan fingerprint density at radius 2 is 1.91 bits per heavy atom. The van der Waals surface area contributed by atoms with Crippen LogP contribution in [0.1, 0.15) is 0 Å². The summed E-state index contributed by atoms with van der Waals surface area (Å²) in [5, 5.41) is 17.2. The lowest BCUT2D eigenvalue weighted by Crippen LogP contribution is -2.19. The number of hydrogen-bond acceptors (Lipinski definition) is 4. The van der Waals surface area contributed by atoms with Crippen LogP contribution in [-0.4, -0.2) is 17.1 Å². The summed E-state index contributed by atoms with van der Waals surface area (Å²) in [6, 6.07) is 11.4. The number of halogens is 1. The van der Waals surface area contributed by atoms with Crippen LogP contribution in [0.4, 0.5) is 17.1 Å². The first-order chi connectivity index (χ1) is 10.5. The van der Waals surface area contributed by atoms with Crippen molar-refractivity contribution in [2.75, 3.05) is 17.7 Å².